The fraction of sp³-hybridized carbons (Fsp3) is 0.467. The quantitative estimate of drug-likeness (QED) is 0.251. The normalized spacial score (nSPS) is 14.7. The van der Waals surface area contributed by atoms with Crippen LogP contribution in [0.15, 0.2) is 47.8 Å². The minimum Gasteiger partial charge on any atom is -0.492 e. The number of alkyl halides is 3. The Hall–Kier alpha value is -3.27. The number of aryl methyl sites for hydroxylation is 1. The summed E-state index contributed by atoms with van der Waals surface area (Å²) in [5.41, 5.74) is 0.0434. The Bertz CT molecular complexity index is 1280. The maximum Gasteiger partial charge on any atom is 0.416 e. The highest BCUT2D eigenvalue weighted by Gasteiger charge is 2.31. The molecular weight excluding hydrogens is 541 g/mol. The fourth-order valence-corrected chi connectivity index (χ4v) is 5.61. The lowest BCUT2D eigenvalue weighted by Crippen LogP contribution is -2.38. The van der Waals surface area contributed by atoms with E-state index >= 15 is 0 Å². The molecule has 1 saturated carbocycles. The van der Waals surface area contributed by atoms with E-state index < -0.39 is 23.3 Å². The van der Waals surface area contributed by atoms with E-state index in [0.717, 1.165) is 29.4 Å². The average Bonchev–Trinajstić information content (AvgIpc) is 3.40. The second-order valence-corrected chi connectivity index (χ2v) is 11.6. The number of aliphatic carboxylic acids is 1. The summed E-state index contributed by atoms with van der Waals surface area (Å²) >= 11 is 1.48. The number of ether oxygens (including phenoxy) is 2. The molecule has 3 aromatic rings. The predicted octanol–water partition coefficient (Wildman–Crippen LogP) is 7.85. The number of nitrogens with zero attached hydrogens (tertiary/aromatic N) is 2. The molecule has 0 atom stereocenters. The first kappa shape index (κ1) is 29.7. The van der Waals surface area contributed by atoms with Gasteiger partial charge in [-0.1, -0.05) is 31.4 Å². The lowest BCUT2D eigenvalue weighted by Gasteiger charge is -2.29. The molecule has 216 valence electrons. The van der Waals surface area contributed by atoms with E-state index in [1.807, 2.05) is 18.4 Å². The number of aromatic nitrogens is 1. The summed E-state index contributed by atoms with van der Waals surface area (Å²) in [7, 11) is 0. The van der Waals surface area contributed by atoms with Crippen LogP contribution in [-0.2, 0) is 11.0 Å². The Labute approximate surface area is 236 Å². The van der Waals surface area contributed by atoms with Crippen molar-refractivity contribution in [1.29, 1.82) is 0 Å². The van der Waals surface area contributed by atoms with Gasteiger partial charge in [0.2, 0.25) is 0 Å². The van der Waals surface area contributed by atoms with Gasteiger partial charge in [0.05, 0.1) is 17.8 Å². The van der Waals surface area contributed by atoms with Crippen LogP contribution in [0, 0.1) is 12.8 Å². The van der Waals surface area contributed by atoms with Crippen molar-refractivity contribution in [3.05, 3.63) is 59.0 Å². The van der Waals surface area contributed by atoms with E-state index in [-0.39, 0.29) is 0 Å². The first-order valence-electron chi connectivity index (χ1n) is 13.5. The number of hydrogen-bond acceptors (Lipinski definition) is 6. The van der Waals surface area contributed by atoms with Crippen molar-refractivity contribution in [3.63, 3.8) is 0 Å². The molecule has 4 rings (SSSR count). The smallest absolute Gasteiger partial charge is 0.416 e. The molecule has 6 nitrogen and oxygen atoms in total. The minimum absolute atomic E-state index is 0.405. The number of rotatable bonds is 11. The molecule has 0 amide bonds. The van der Waals surface area contributed by atoms with Crippen LogP contribution in [0.1, 0.15) is 57.1 Å². The molecule has 1 aliphatic carbocycles. The van der Waals surface area contributed by atoms with Crippen LogP contribution >= 0.6 is 11.3 Å². The summed E-state index contributed by atoms with van der Waals surface area (Å²) in [6, 6.07) is 10.4. The molecular formula is C30H35F3N2O4S. The summed E-state index contributed by atoms with van der Waals surface area (Å²) in [5.74, 6) is 0.648. The third-order valence-corrected chi connectivity index (χ3v) is 8.03. The van der Waals surface area contributed by atoms with Crippen molar-refractivity contribution >= 4 is 22.4 Å². The van der Waals surface area contributed by atoms with Gasteiger partial charge in [-0.15, -0.1) is 11.3 Å². The van der Waals surface area contributed by atoms with Gasteiger partial charge in [-0.25, -0.2) is 9.78 Å². The van der Waals surface area contributed by atoms with E-state index in [1.54, 1.807) is 12.1 Å². The van der Waals surface area contributed by atoms with Gasteiger partial charge in [0, 0.05) is 17.5 Å². The van der Waals surface area contributed by atoms with E-state index in [2.05, 4.69) is 4.90 Å². The molecule has 1 aliphatic rings. The Kier molecular flexibility index (Phi) is 9.28. The summed E-state index contributed by atoms with van der Waals surface area (Å²) in [5, 5.41) is 12.0. The maximum absolute atomic E-state index is 13.0. The van der Waals surface area contributed by atoms with Crippen LogP contribution in [0.3, 0.4) is 0 Å². The van der Waals surface area contributed by atoms with Crippen LogP contribution in [0.4, 0.5) is 18.3 Å². The molecule has 0 unspecified atom stereocenters. The van der Waals surface area contributed by atoms with Crippen LogP contribution in [0.25, 0.3) is 11.3 Å². The lowest BCUT2D eigenvalue weighted by atomic mass is 9.89. The van der Waals surface area contributed by atoms with E-state index in [1.165, 1.54) is 69.4 Å². The fourth-order valence-electron chi connectivity index (χ4n) is 4.74. The zero-order valence-electron chi connectivity index (χ0n) is 23.0. The molecule has 0 saturated heterocycles. The number of carboxylic acid groups (broad SMARTS) is 1. The second kappa shape index (κ2) is 12.5. The molecule has 0 aliphatic heterocycles. The lowest BCUT2D eigenvalue weighted by molar-refractivity contribution is -0.152. The third kappa shape index (κ3) is 7.68. The van der Waals surface area contributed by atoms with Crippen LogP contribution < -0.4 is 14.4 Å². The number of carboxylic acids is 1. The van der Waals surface area contributed by atoms with Gasteiger partial charge in [0.15, 0.2) is 10.7 Å². The zero-order valence-corrected chi connectivity index (χ0v) is 23.8. The number of hydrogen-bond donors (Lipinski definition) is 1. The highest BCUT2D eigenvalue weighted by atomic mass is 32.1. The number of carbonyl (C=O) groups is 1. The van der Waals surface area contributed by atoms with Gasteiger partial charge in [-0.05, 0) is 75.4 Å². The highest BCUT2D eigenvalue weighted by molar-refractivity contribution is 7.14. The highest BCUT2D eigenvalue weighted by Crippen LogP contribution is 2.34. The molecule has 0 spiro atoms. The number of halogens is 3. The topological polar surface area (TPSA) is 71.9 Å². The molecule has 1 N–H and O–H groups in total. The van der Waals surface area contributed by atoms with Gasteiger partial charge in [0.25, 0.3) is 0 Å². The molecule has 0 bridgehead atoms. The Morgan fingerprint density at radius 3 is 2.42 bits per heavy atom. The van der Waals surface area contributed by atoms with E-state index in [4.69, 9.17) is 14.5 Å². The predicted molar refractivity (Wildman–Crippen MR) is 150 cm³/mol. The number of anilines is 1. The molecule has 10 heteroatoms. The minimum atomic E-state index is -4.37. The molecule has 2 aromatic carbocycles. The van der Waals surface area contributed by atoms with Crippen molar-refractivity contribution in [2.24, 2.45) is 5.92 Å². The van der Waals surface area contributed by atoms with Crippen molar-refractivity contribution in [3.8, 4) is 22.8 Å². The van der Waals surface area contributed by atoms with Crippen LogP contribution in [-0.4, -0.2) is 41.4 Å². The largest absolute Gasteiger partial charge is 0.492 e. The van der Waals surface area contributed by atoms with Gasteiger partial charge in [-0.3, -0.25) is 0 Å². The van der Waals surface area contributed by atoms with E-state index in [9.17, 15) is 23.1 Å². The van der Waals surface area contributed by atoms with Gasteiger partial charge < -0.3 is 19.5 Å². The van der Waals surface area contributed by atoms with Crippen molar-refractivity contribution in [2.45, 2.75) is 64.7 Å². The maximum atomic E-state index is 13.0. The summed E-state index contributed by atoms with van der Waals surface area (Å²) < 4.78 is 50.6. The summed E-state index contributed by atoms with van der Waals surface area (Å²) in [4.78, 5) is 18.4. The van der Waals surface area contributed by atoms with E-state index in [0.29, 0.717) is 41.8 Å². The Morgan fingerprint density at radius 2 is 1.80 bits per heavy atom. The molecule has 1 heterocycles. The first-order valence-corrected chi connectivity index (χ1v) is 14.3. The van der Waals surface area contributed by atoms with Crippen LogP contribution in [0.5, 0.6) is 11.5 Å². The van der Waals surface area contributed by atoms with Crippen molar-refractivity contribution in [2.75, 3.05) is 24.6 Å². The molecule has 0 radical (unpaired) electrons. The Morgan fingerprint density at radius 1 is 1.10 bits per heavy atom. The Balaban J connectivity index is 1.44. The van der Waals surface area contributed by atoms with Gasteiger partial charge in [0.1, 0.15) is 18.1 Å². The average molecular weight is 577 g/mol. The summed E-state index contributed by atoms with van der Waals surface area (Å²) in [6.07, 6.45) is 1.66. The molecule has 1 aromatic heterocycles. The third-order valence-electron chi connectivity index (χ3n) is 7.13. The van der Waals surface area contributed by atoms with Gasteiger partial charge >= 0.3 is 12.1 Å². The number of thiazole rings is 1. The molecule has 40 heavy (non-hydrogen) atoms. The van der Waals surface area contributed by atoms with Crippen molar-refractivity contribution in [1.82, 2.24) is 4.98 Å². The monoisotopic (exact) mass is 576 g/mol. The standard InChI is InChI=1S/C30H35F3N2O4S/c1-20-17-24(13-14-26(20)39-29(2,3)27(36)37)38-16-15-35(18-21-7-5-4-6-8-21)28-34-25(19-40-28)22-9-11-23(12-10-22)30(31,32)33/h9-14,17,19,21H,4-8,15-16,18H2,1-3H3,(H,36,37). The van der Waals surface area contributed by atoms with Gasteiger partial charge in [-0.2, -0.15) is 13.2 Å². The summed E-state index contributed by atoms with van der Waals surface area (Å²) in [6.45, 7) is 6.69. The number of benzene rings is 2. The first-order chi connectivity index (χ1) is 18.9. The molecule has 1 fully saturated rings. The SMILES string of the molecule is Cc1cc(OCCN(CC2CCCCC2)c2nc(-c3ccc(C(F)(F)F)cc3)cs2)ccc1OC(C)(C)C(=O)O. The zero-order chi connectivity index (χ0) is 28.9. The van der Waals surface area contributed by atoms with Crippen molar-refractivity contribution < 1.29 is 32.5 Å². The second-order valence-electron chi connectivity index (χ2n) is 10.7. The van der Waals surface area contributed by atoms with Crippen LogP contribution in [0.2, 0.25) is 0 Å².